The second-order valence-corrected chi connectivity index (χ2v) is 6.90. The maximum absolute atomic E-state index is 12.4. The Labute approximate surface area is 155 Å². The lowest BCUT2D eigenvalue weighted by Gasteiger charge is -2.36. The standard InChI is InChI=1S/C20H28N2O4/c1-3-5-15-12-16(19(23)18(13-15)25-2)14-21-7-9-22(10-8-21)20(24)17-6-4-11-26-17/h3,12-13,17,23H,1,4-11,14H2,2H3/t17-/m0/s1. The van der Waals surface area contributed by atoms with Crippen LogP contribution in [0.1, 0.15) is 24.0 Å². The molecular formula is C20H28N2O4. The predicted octanol–water partition coefficient (Wildman–Crippen LogP) is 1.95. The number of nitrogens with zero attached hydrogens (tertiary/aromatic N) is 2. The third-order valence-electron chi connectivity index (χ3n) is 5.10. The highest BCUT2D eigenvalue weighted by Crippen LogP contribution is 2.33. The minimum Gasteiger partial charge on any atom is -0.504 e. The summed E-state index contributed by atoms with van der Waals surface area (Å²) < 4.78 is 10.8. The Morgan fingerprint density at radius 1 is 1.38 bits per heavy atom. The summed E-state index contributed by atoms with van der Waals surface area (Å²) in [5, 5.41) is 10.4. The molecule has 2 fully saturated rings. The Hall–Kier alpha value is -2.05. The molecule has 1 aromatic rings. The van der Waals surface area contributed by atoms with Crippen LogP contribution < -0.4 is 4.74 Å². The van der Waals surface area contributed by atoms with Crippen LogP contribution in [0.25, 0.3) is 0 Å². The van der Waals surface area contributed by atoms with Crippen LogP contribution in [0, 0.1) is 0 Å². The Balaban J connectivity index is 1.61. The van der Waals surface area contributed by atoms with Crippen molar-refractivity contribution in [3.8, 4) is 11.5 Å². The molecule has 2 aliphatic heterocycles. The van der Waals surface area contributed by atoms with E-state index in [0.29, 0.717) is 32.0 Å². The topological polar surface area (TPSA) is 62.2 Å². The van der Waals surface area contributed by atoms with E-state index in [9.17, 15) is 9.90 Å². The van der Waals surface area contributed by atoms with Crippen LogP contribution in [0.15, 0.2) is 24.8 Å². The lowest BCUT2D eigenvalue weighted by molar-refractivity contribution is -0.142. The van der Waals surface area contributed by atoms with E-state index in [2.05, 4.69) is 11.5 Å². The Morgan fingerprint density at radius 2 is 2.15 bits per heavy atom. The summed E-state index contributed by atoms with van der Waals surface area (Å²) in [7, 11) is 1.56. The van der Waals surface area contributed by atoms with Crippen molar-refractivity contribution in [2.75, 3.05) is 39.9 Å². The van der Waals surface area contributed by atoms with Crippen molar-refractivity contribution in [2.45, 2.75) is 31.9 Å². The van der Waals surface area contributed by atoms with Crippen LogP contribution in [0.4, 0.5) is 0 Å². The maximum Gasteiger partial charge on any atom is 0.251 e. The number of carbonyl (C=O) groups excluding carboxylic acids is 1. The molecule has 0 aliphatic carbocycles. The number of phenols is 1. The lowest BCUT2D eigenvalue weighted by atomic mass is 10.0. The normalized spacial score (nSPS) is 21.0. The second kappa shape index (κ2) is 8.56. The summed E-state index contributed by atoms with van der Waals surface area (Å²) in [6, 6.07) is 3.85. The molecule has 0 saturated carbocycles. The predicted molar refractivity (Wildman–Crippen MR) is 99.4 cm³/mol. The van der Waals surface area contributed by atoms with E-state index < -0.39 is 0 Å². The average Bonchev–Trinajstić information content (AvgIpc) is 3.19. The van der Waals surface area contributed by atoms with Gasteiger partial charge in [0.25, 0.3) is 5.91 Å². The molecule has 0 spiro atoms. The molecule has 1 atom stereocenters. The summed E-state index contributed by atoms with van der Waals surface area (Å²) in [5.41, 5.74) is 1.91. The first-order chi connectivity index (χ1) is 12.6. The van der Waals surface area contributed by atoms with Crippen molar-refractivity contribution in [3.05, 3.63) is 35.9 Å². The van der Waals surface area contributed by atoms with Crippen LogP contribution in [0.2, 0.25) is 0 Å². The number of rotatable bonds is 6. The van der Waals surface area contributed by atoms with Gasteiger partial charge in [0.1, 0.15) is 6.10 Å². The van der Waals surface area contributed by atoms with Gasteiger partial charge in [-0.15, -0.1) is 6.58 Å². The number of allylic oxidation sites excluding steroid dienone is 1. The molecule has 6 heteroatoms. The van der Waals surface area contributed by atoms with Crippen LogP contribution in [-0.4, -0.2) is 66.8 Å². The minimum atomic E-state index is -0.245. The van der Waals surface area contributed by atoms with E-state index in [1.165, 1.54) is 0 Å². The van der Waals surface area contributed by atoms with Gasteiger partial charge in [0, 0.05) is 44.9 Å². The zero-order valence-corrected chi connectivity index (χ0v) is 15.4. The molecular weight excluding hydrogens is 332 g/mol. The van der Waals surface area contributed by atoms with Crippen LogP contribution in [0.3, 0.4) is 0 Å². The van der Waals surface area contributed by atoms with E-state index >= 15 is 0 Å². The molecule has 0 unspecified atom stereocenters. The Kier molecular flexibility index (Phi) is 6.16. The van der Waals surface area contributed by atoms with Crippen molar-refractivity contribution in [1.82, 2.24) is 9.80 Å². The number of ether oxygens (including phenoxy) is 2. The molecule has 6 nitrogen and oxygen atoms in total. The molecule has 0 aromatic heterocycles. The molecule has 1 N–H and O–H groups in total. The molecule has 2 saturated heterocycles. The van der Waals surface area contributed by atoms with E-state index in [1.54, 1.807) is 7.11 Å². The molecule has 26 heavy (non-hydrogen) atoms. The maximum atomic E-state index is 12.4. The second-order valence-electron chi connectivity index (χ2n) is 6.90. The molecule has 1 aromatic carbocycles. The number of phenolic OH excluding ortho intramolecular Hbond substituents is 1. The third kappa shape index (κ3) is 4.19. The average molecular weight is 360 g/mol. The van der Waals surface area contributed by atoms with Gasteiger partial charge < -0.3 is 19.5 Å². The first kappa shape index (κ1) is 18.7. The number of aromatic hydroxyl groups is 1. The fraction of sp³-hybridized carbons (Fsp3) is 0.550. The van der Waals surface area contributed by atoms with Crippen LogP contribution in [0.5, 0.6) is 11.5 Å². The Bertz CT molecular complexity index is 647. The number of amides is 1. The summed E-state index contributed by atoms with van der Waals surface area (Å²) in [6.07, 6.45) is 4.13. The molecule has 1 amide bonds. The van der Waals surface area contributed by atoms with E-state index in [4.69, 9.17) is 9.47 Å². The number of hydrogen-bond donors (Lipinski definition) is 1. The molecule has 0 bridgehead atoms. The highest BCUT2D eigenvalue weighted by molar-refractivity contribution is 5.81. The summed E-state index contributed by atoms with van der Waals surface area (Å²) >= 11 is 0. The number of piperazine rings is 1. The van der Waals surface area contributed by atoms with Gasteiger partial charge in [0.2, 0.25) is 0 Å². The zero-order valence-electron chi connectivity index (χ0n) is 15.4. The summed E-state index contributed by atoms with van der Waals surface area (Å²) in [6.45, 7) is 8.06. The van der Waals surface area contributed by atoms with Crippen molar-refractivity contribution >= 4 is 5.91 Å². The zero-order chi connectivity index (χ0) is 18.5. The van der Waals surface area contributed by atoms with Gasteiger partial charge in [-0.05, 0) is 30.9 Å². The van der Waals surface area contributed by atoms with E-state index in [1.807, 2.05) is 23.1 Å². The number of benzene rings is 1. The fourth-order valence-electron chi connectivity index (χ4n) is 3.63. The van der Waals surface area contributed by atoms with Crippen LogP contribution >= 0.6 is 0 Å². The number of hydrogen-bond acceptors (Lipinski definition) is 5. The molecule has 3 rings (SSSR count). The van der Waals surface area contributed by atoms with Gasteiger partial charge in [-0.1, -0.05) is 12.1 Å². The van der Waals surface area contributed by atoms with Crippen molar-refractivity contribution in [3.63, 3.8) is 0 Å². The number of methoxy groups -OCH3 is 1. The third-order valence-corrected chi connectivity index (χ3v) is 5.10. The Morgan fingerprint density at radius 3 is 2.77 bits per heavy atom. The molecule has 142 valence electrons. The molecule has 0 radical (unpaired) electrons. The minimum absolute atomic E-state index is 0.125. The van der Waals surface area contributed by atoms with Gasteiger partial charge in [-0.3, -0.25) is 9.69 Å². The first-order valence-electron chi connectivity index (χ1n) is 9.24. The van der Waals surface area contributed by atoms with Gasteiger partial charge in [-0.2, -0.15) is 0 Å². The largest absolute Gasteiger partial charge is 0.504 e. The van der Waals surface area contributed by atoms with Gasteiger partial charge in [0.15, 0.2) is 11.5 Å². The van der Waals surface area contributed by atoms with E-state index in [-0.39, 0.29) is 17.8 Å². The quantitative estimate of drug-likeness (QED) is 0.786. The molecule has 2 heterocycles. The monoisotopic (exact) mass is 360 g/mol. The summed E-state index contributed by atoms with van der Waals surface area (Å²) in [5.74, 6) is 0.810. The summed E-state index contributed by atoms with van der Waals surface area (Å²) in [4.78, 5) is 16.6. The van der Waals surface area contributed by atoms with Crippen molar-refractivity contribution < 1.29 is 19.4 Å². The van der Waals surface area contributed by atoms with Gasteiger partial charge >= 0.3 is 0 Å². The van der Waals surface area contributed by atoms with E-state index in [0.717, 1.165) is 43.5 Å². The smallest absolute Gasteiger partial charge is 0.251 e. The fourth-order valence-corrected chi connectivity index (χ4v) is 3.63. The number of carbonyl (C=O) groups is 1. The first-order valence-corrected chi connectivity index (χ1v) is 9.24. The van der Waals surface area contributed by atoms with Crippen molar-refractivity contribution in [2.24, 2.45) is 0 Å². The van der Waals surface area contributed by atoms with Crippen molar-refractivity contribution in [1.29, 1.82) is 0 Å². The van der Waals surface area contributed by atoms with Gasteiger partial charge in [0.05, 0.1) is 7.11 Å². The highest BCUT2D eigenvalue weighted by atomic mass is 16.5. The lowest BCUT2D eigenvalue weighted by Crippen LogP contribution is -2.51. The van der Waals surface area contributed by atoms with Crippen LogP contribution in [-0.2, 0) is 22.5 Å². The highest BCUT2D eigenvalue weighted by Gasteiger charge is 2.30. The molecule has 2 aliphatic rings. The van der Waals surface area contributed by atoms with Gasteiger partial charge in [-0.25, -0.2) is 0 Å². The SMILES string of the molecule is C=CCc1cc(CN2CCN(C(=O)[C@@H]3CCCO3)CC2)c(O)c(OC)c1.